The van der Waals surface area contributed by atoms with Crippen molar-refractivity contribution in [3.8, 4) is 5.75 Å². The van der Waals surface area contributed by atoms with Crippen molar-refractivity contribution >= 4 is 23.3 Å². The molecule has 5 nitrogen and oxygen atoms in total. The summed E-state index contributed by atoms with van der Waals surface area (Å²) in [5.74, 6) is -0.131. The number of nitrogens with zero attached hydrogens (tertiary/aromatic N) is 1. The molecule has 0 spiro atoms. The van der Waals surface area contributed by atoms with Crippen LogP contribution < -0.4 is 10.5 Å². The van der Waals surface area contributed by atoms with Crippen molar-refractivity contribution in [3.05, 3.63) is 35.0 Å². The van der Waals surface area contributed by atoms with Gasteiger partial charge >= 0.3 is 5.97 Å². The molecule has 1 aromatic rings. The van der Waals surface area contributed by atoms with E-state index in [4.69, 9.17) is 26.8 Å². The summed E-state index contributed by atoms with van der Waals surface area (Å²) in [4.78, 5) is 14.3. The number of methoxy groups -OCH3 is 1. The molecule has 2 N–H and O–H groups in total. The van der Waals surface area contributed by atoms with Crippen LogP contribution in [0, 0.1) is 0 Å². The smallest absolute Gasteiger partial charge is 0.342 e. The molecule has 0 aromatic heterocycles. The number of ether oxygens (including phenoxy) is 2. The Kier molecular flexibility index (Phi) is 5.95. The summed E-state index contributed by atoms with van der Waals surface area (Å²) in [5, 5.41) is 0.302. The second kappa shape index (κ2) is 7.94. The highest BCUT2D eigenvalue weighted by atomic mass is 35.5. The predicted octanol–water partition coefficient (Wildman–Crippen LogP) is 3.09. The fraction of sp³-hybridized carbons (Fsp3) is 0.438. The van der Waals surface area contributed by atoms with Crippen LogP contribution in [-0.4, -0.2) is 37.7 Å². The Morgan fingerprint density at radius 1 is 1.36 bits per heavy atom. The minimum atomic E-state index is -0.484. The summed E-state index contributed by atoms with van der Waals surface area (Å²) < 4.78 is 10.4. The van der Waals surface area contributed by atoms with Crippen molar-refractivity contribution in [3.63, 3.8) is 0 Å². The zero-order valence-electron chi connectivity index (χ0n) is 12.7. The number of likely N-dealkylation sites (tertiary alicyclic amines) is 1. The van der Waals surface area contributed by atoms with Gasteiger partial charge in [0.1, 0.15) is 17.9 Å². The monoisotopic (exact) mass is 324 g/mol. The van der Waals surface area contributed by atoms with E-state index in [1.54, 1.807) is 0 Å². The highest BCUT2D eigenvalue weighted by molar-refractivity contribution is 6.33. The maximum atomic E-state index is 12.1. The number of anilines is 1. The third kappa shape index (κ3) is 4.31. The van der Waals surface area contributed by atoms with Crippen molar-refractivity contribution in [1.82, 2.24) is 4.90 Å². The molecule has 2 rings (SSSR count). The number of carbonyl (C=O) groups is 1. The molecular formula is C16H21ClN2O3. The fourth-order valence-electron chi connectivity index (χ4n) is 2.36. The maximum Gasteiger partial charge on any atom is 0.342 e. The van der Waals surface area contributed by atoms with Crippen LogP contribution >= 0.6 is 11.6 Å². The number of piperidine rings is 1. The van der Waals surface area contributed by atoms with Crippen molar-refractivity contribution < 1.29 is 14.3 Å². The molecule has 1 aliphatic heterocycles. The summed E-state index contributed by atoms with van der Waals surface area (Å²) in [6.45, 7) is 2.33. The number of esters is 1. The lowest BCUT2D eigenvalue weighted by Gasteiger charge is -2.24. The Morgan fingerprint density at radius 2 is 2.09 bits per heavy atom. The van der Waals surface area contributed by atoms with Crippen LogP contribution in [0.4, 0.5) is 5.69 Å². The Balaban J connectivity index is 1.92. The lowest BCUT2D eigenvalue weighted by molar-refractivity contribution is 0.0544. The number of benzene rings is 1. The number of rotatable bonds is 5. The molecule has 0 bridgehead atoms. The Bertz CT molecular complexity index is 555. The predicted molar refractivity (Wildman–Crippen MR) is 87.3 cm³/mol. The van der Waals surface area contributed by atoms with E-state index in [2.05, 4.69) is 4.90 Å². The summed E-state index contributed by atoms with van der Waals surface area (Å²) in [7, 11) is 1.47. The van der Waals surface area contributed by atoms with Crippen LogP contribution in [0.1, 0.15) is 29.6 Å². The lowest BCUT2D eigenvalue weighted by atomic mass is 10.1. The van der Waals surface area contributed by atoms with E-state index in [1.807, 2.05) is 12.3 Å². The molecule has 0 unspecified atom stereocenters. The first-order valence-corrected chi connectivity index (χ1v) is 7.70. The zero-order valence-corrected chi connectivity index (χ0v) is 13.4. The standard InChI is InChI=1S/C16H21ClN2O3/c1-21-15-11-14(18)13(17)10-12(15)16(20)22-9-5-8-19-6-3-2-4-7-19/h5,8,10-11H,2-4,6-7,9,18H2,1H3. The first kappa shape index (κ1) is 16.5. The first-order chi connectivity index (χ1) is 10.6. The molecule has 1 aliphatic rings. The van der Waals surface area contributed by atoms with E-state index in [0.29, 0.717) is 16.5 Å². The van der Waals surface area contributed by atoms with Gasteiger partial charge in [0.25, 0.3) is 0 Å². The van der Waals surface area contributed by atoms with Crippen molar-refractivity contribution in [2.45, 2.75) is 19.3 Å². The molecule has 0 saturated carbocycles. The van der Waals surface area contributed by atoms with E-state index in [-0.39, 0.29) is 12.2 Å². The van der Waals surface area contributed by atoms with Crippen LogP contribution in [0.3, 0.4) is 0 Å². The quantitative estimate of drug-likeness (QED) is 0.666. The van der Waals surface area contributed by atoms with Crippen molar-refractivity contribution in [2.75, 3.05) is 32.5 Å². The summed E-state index contributed by atoms with van der Waals surface area (Å²) >= 11 is 5.94. The molecule has 1 aromatic carbocycles. The number of hydrogen-bond donors (Lipinski definition) is 1. The number of carbonyl (C=O) groups excluding carboxylic acids is 1. The van der Waals surface area contributed by atoms with Gasteiger partial charge in [0.05, 0.1) is 17.8 Å². The van der Waals surface area contributed by atoms with E-state index >= 15 is 0 Å². The molecule has 1 fully saturated rings. The van der Waals surface area contributed by atoms with Gasteiger partial charge in [-0.3, -0.25) is 0 Å². The average Bonchev–Trinajstić information content (AvgIpc) is 2.54. The molecule has 0 atom stereocenters. The van der Waals surface area contributed by atoms with Crippen LogP contribution in [0.15, 0.2) is 24.4 Å². The van der Waals surface area contributed by atoms with E-state index in [9.17, 15) is 4.79 Å². The minimum Gasteiger partial charge on any atom is -0.496 e. The largest absolute Gasteiger partial charge is 0.496 e. The lowest BCUT2D eigenvalue weighted by Crippen LogP contribution is -2.24. The van der Waals surface area contributed by atoms with Crippen LogP contribution in [0.25, 0.3) is 0 Å². The Hall–Kier alpha value is -1.88. The van der Waals surface area contributed by atoms with Crippen molar-refractivity contribution in [1.29, 1.82) is 0 Å². The van der Waals surface area contributed by atoms with E-state index in [0.717, 1.165) is 13.1 Å². The molecule has 1 saturated heterocycles. The number of halogens is 1. The first-order valence-electron chi connectivity index (χ1n) is 7.32. The van der Waals surface area contributed by atoms with Gasteiger partial charge in [0.2, 0.25) is 0 Å². The Morgan fingerprint density at radius 3 is 2.77 bits per heavy atom. The van der Waals surface area contributed by atoms with Crippen LogP contribution in [0.5, 0.6) is 5.75 Å². The number of hydrogen-bond acceptors (Lipinski definition) is 5. The van der Waals surface area contributed by atoms with Gasteiger partial charge in [-0.1, -0.05) is 11.6 Å². The molecule has 6 heteroatoms. The molecule has 0 aliphatic carbocycles. The van der Waals surface area contributed by atoms with Gasteiger partial charge in [0, 0.05) is 19.2 Å². The topological polar surface area (TPSA) is 64.8 Å². The molecule has 0 radical (unpaired) electrons. The normalized spacial score (nSPS) is 15.1. The minimum absolute atomic E-state index is 0.209. The zero-order chi connectivity index (χ0) is 15.9. The highest BCUT2D eigenvalue weighted by Gasteiger charge is 2.16. The Labute approximate surface area is 135 Å². The number of nitrogen functional groups attached to an aromatic ring is 1. The maximum absolute atomic E-state index is 12.1. The number of nitrogens with two attached hydrogens (primary N) is 1. The second-order valence-corrected chi connectivity index (χ2v) is 5.56. The molecule has 1 heterocycles. The van der Waals surface area contributed by atoms with Crippen LogP contribution in [-0.2, 0) is 4.74 Å². The fourth-order valence-corrected chi connectivity index (χ4v) is 2.52. The molecular weight excluding hydrogens is 304 g/mol. The second-order valence-electron chi connectivity index (χ2n) is 5.15. The van der Waals surface area contributed by atoms with E-state index in [1.165, 1.54) is 38.5 Å². The molecule has 0 amide bonds. The third-order valence-electron chi connectivity index (χ3n) is 3.56. The summed E-state index contributed by atoms with van der Waals surface area (Å²) in [5.41, 5.74) is 6.32. The van der Waals surface area contributed by atoms with Gasteiger partial charge in [-0.15, -0.1) is 0 Å². The third-order valence-corrected chi connectivity index (χ3v) is 3.88. The molecule has 120 valence electrons. The average molecular weight is 325 g/mol. The van der Waals surface area contributed by atoms with Gasteiger partial charge in [-0.2, -0.15) is 0 Å². The SMILES string of the molecule is COc1cc(N)c(Cl)cc1C(=O)OCC=CN1CCCCC1. The summed E-state index contributed by atoms with van der Waals surface area (Å²) in [6.07, 6.45) is 7.54. The van der Waals surface area contributed by atoms with Gasteiger partial charge < -0.3 is 20.1 Å². The molecule has 22 heavy (non-hydrogen) atoms. The highest BCUT2D eigenvalue weighted by Crippen LogP contribution is 2.29. The van der Waals surface area contributed by atoms with E-state index < -0.39 is 5.97 Å². The van der Waals surface area contributed by atoms with Gasteiger partial charge in [-0.25, -0.2) is 4.79 Å². The van der Waals surface area contributed by atoms with Crippen LogP contribution in [0.2, 0.25) is 5.02 Å². The van der Waals surface area contributed by atoms with Crippen molar-refractivity contribution in [2.24, 2.45) is 0 Å². The van der Waals surface area contributed by atoms with Gasteiger partial charge in [0.15, 0.2) is 0 Å². The summed E-state index contributed by atoms with van der Waals surface area (Å²) in [6, 6.07) is 2.98. The van der Waals surface area contributed by atoms with Gasteiger partial charge in [-0.05, 0) is 37.6 Å².